The van der Waals surface area contributed by atoms with Crippen molar-refractivity contribution in [3.63, 3.8) is 0 Å². The van der Waals surface area contributed by atoms with Crippen LogP contribution in [0.5, 0.6) is 5.75 Å². The highest BCUT2D eigenvalue weighted by Crippen LogP contribution is 2.27. The Morgan fingerprint density at radius 1 is 1.27 bits per heavy atom. The van der Waals surface area contributed by atoms with Crippen LogP contribution in [0.25, 0.3) is 0 Å². The topological polar surface area (TPSA) is 112 Å². The Bertz CT molecular complexity index is 1060. The molecule has 0 radical (unpaired) electrons. The number of halogens is 1. The van der Waals surface area contributed by atoms with E-state index in [9.17, 15) is 13.2 Å². The van der Waals surface area contributed by atoms with Crippen molar-refractivity contribution < 1.29 is 17.9 Å². The summed E-state index contributed by atoms with van der Waals surface area (Å²) in [6, 6.07) is 13.7. The first-order valence-corrected chi connectivity index (χ1v) is 10.9. The van der Waals surface area contributed by atoms with Crippen molar-refractivity contribution in [3.05, 3.63) is 59.1 Å². The summed E-state index contributed by atoms with van der Waals surface area (Å²) in [5.74, 6) is 0.0574. The number of sulfonamides is 1. The number of nitrogens with zero attached hydrogens (tertiary/aromatic N) is 3. The van der Waals surface area contributed by atoms with Crippen LogP contribution in [-0.4, -0.2) is 44.0 Å². The van der Waals surface area contributed by atoms with E-state index in [0.717, 1.165) is 0 Å². The standard InChI is InChI=1S/C20H19ClN4O4S/c21-16-5-9-18(10-6-16)30(27,28)25-12-1-2-19(25)20(26)24-23-14-15-3-7-17(8-4-15)29-13-11-22/h3-10,14,19H,1-2,12-13H2,(H,24,26)/b23-14+. The molecule has 1 aliphatic rings. The molecular weight excluding hydrogens is 428 g/mol. The van der Waals surface area contributed by atoms with Gasteiger partial charge in [-0.3, -0.25) is 4.79 Å². The van der Waals surface area contributed by atoms with Gasteiger partial charge in [-0.15, -0.1) is 0 Å². The maximum atomic E-state index is 12.9. The summed E-state index contributed by atoms with van der Waals surface area (Å²) >= 11 is 5.83. The summed E-state index contributed by atoms with van der Waals surface area (Å²) in [4.78, 5) is 12.6. The van der Waals surface area contributed by atoms with Gasteiger partial charge in [-0.05, 0) is 66.9 Å². The molecule has 156 valence electrons. The van der Waals surface area contributed by atoms with E-state index in [4.69, 9.17) is 21.6 Å². The third-order valence-corrected chi connectivity index (χ3v) is 6.67. The minimum atomic E-state index is -3.81. The van der Waals surface area contributed by atoms with Gasteiger partial charge in [0.1, 0.15) is 17.9 Å². The number of hydrogen-bond donors (Lipinski definition) is 1. The van der Waals surface area contributed by atoms with Crippen molar-refractivity contribution in [3.8, 4) is 11.8 Å². The molecule has 1 N–H and O–H groups in total. The second-order valence-corrected chi connectivity index (χ2v) is 8.80. The van der Waals surface area contributed by atoms with Gasteiger partial charge in [0.2, 0.25) is 10.0 Å². The molecule has 0 saturated carbocycles. The van der Waals surface area contributed by atoms with Crippen LogP contribution in [0, 0.1) is 11.3 Å². The molecule has 1 heterocycles. The monoisotopic (exact) mass is 446 g/mol. The maximum Gasteiger partial charge on any atom is 0.258 e. The molecule has 3 rings (SSSR count). The second kappa shape index (κ2) is 9.71. The van der Waals surface area contributed by atoms with E-state index in [-0.39, 0.29) is 18.0 Å². The number of ether oxygens (including phenoxy) is 1. The van der Waals surface area contributed by atoms with Gasteiger partial charge in [-0.25, -0.2) is 13.8 Å². The highest BCUT2D eigenvalue weighted by Gasteiger charge is 2.39. The fraction of sp³-hybridized carbons (Fsp3) is 0.250. The summed E-state index contributed by atoms with van der Waals surface area (Å²) < 4.78 is 32.1. The van der Waals surface area contributed by atoms with Crippen LogP contribution in [-0.2, 0) is 14.8 Å². The number of nitriles is 1. The second-order valence-electron chi connectivity index (χ2n) is 6.48. The minimum Gasteiger partial charge on any atom is -0.479 e. The average Bonchev–Trinajstić information content (AvgIpc) is 3.24. The molecule has 0 aromatic heterocycles. The molecule has 0 aliphatic carbocycles. The van der Waals surface area contributed by atoms with E-state index in [1.54, 1.807) is 24.3 Å². The largest absolute Gasteiger partial charge is 0.479 e. The van der Waals surface area contributed by atoms with E-state index in [2.05, 4.69) is 10.5 Å². The number of hydrogen-bond acceptors (Lipinski definition) is 6. The van der Waals surface area contributed by atoms with Gasteiger partial charge >= 0.3 is 0 Å². The van der Waals surface area contributed by atoms with Crippen LogP contribution in [0.1, 0.15) is 18.4 Å². The molecule has 30 heavy (non-hydrogen) atoms. The van der Waals surface area contributed by atoms with Gasteiger partial charge < -0.3 is 4.74 Å². The highest BCUT2D eigenvalue weighted by molar-refractivity contribution is 7.89. The zero-order valence-corrected chi connectivity index (χ0v) is 17.4. The number of nitrogens with one attached hydrogen (secondary N) is 1. The molecule has 0 bridgehead atoms. The first kappa shape index (κ1) is 21.8. The van der Waals surface area contributed by atoms with Crippen molar-refractivity contribution in [1.82, 2.24) is 9.73 Å². The van der Waals surface area contributed by atoms with E-state index >= 15 is 0 Å². The summed E-state index contributed by atoms with van der Waals surface area (Å²) in [6.45, 7) is 0.219. The smallest absolute Gasteiger partial charge is 0.258 e. The van der Waals surface area contributed by atoms with Crippen molar-refractivity contribution in [2.45, 2.75) is 23.8 Å². The molecule has 2 aromatic rings. The van der Waals surface area contributed by atoms with Crippen LogP contribution in [0.2, 0.25) is 5.02 Å². The summed E-state index contributed by atoms with van der Waals surface area (Å²) in [5, 5.41) is 12.9. The molecule has 1 saturated heterocycles. The molecular formula is C20H19ClN4O4S. The van der Waals surface area contributed by atoms with Crippen molar-refractivity contribution in [2.75, 3.05) is 13.2 Å². The van der Waals surface area contributed by atoms with Crippen LogP contribution in [0.4, 0.5) is 0 Å². The summed E-state index contributed by atoms with van der Waals surface area (Å²) in [6.07, 6.45) is 2.44. The highest BCUT2D eigenvalue weighted by atomic mass is 35.5. The van der Waals surface area contributed by atoms with E-state index in [0.29, 0.717) is 29.2 Å². The van der Waals surface area contributed by atoms with Crippen LogP contribution < -0.4 is 10.2 Å². The van der Waals surface area contributed by atoms with Gasteiger partial charge in [0.05, 0.1) is 11.1 Å². The van der Waals surface area contributed by atoms with Gasteiger partial charge in [-0.2, -0.15) is 14.7 Å². The quantitative estimate of drug-likeness (QED) is 0.518. The van der Waals surface area contributed by atoms with Crippen LogP contribution in [0.3, 0.4) is 0 Å². The Balaban J connectivity index is 1.64. The van der Waals surface area contributed by atoms with Crippen molar-refractivity contribution >= 4 is 33.7 Å². The van der Waals surface area contributed by atoms with Gasteiger partial charge in [-0.1, -0.05) is 11.6 Å². The zero-order valence-electron chi connectivity index (χ0n) is 15.9. The average molecular weight is 447 g/mol. The third kappa shape index (κ3) is 5.16. The number of rotatable bonds is 7. The fourth-order valence-electron chi connectivity index (χ4n) is 3.04. The zero-order chi connectivity index (χ0) is 21.6. The Labute approximate surface area is 179 Å². The van der Waals surface area contributed by atoms with Gasteiger partial charge in [0.15, 0.2) is 6.61 Å². The normalized spacial score (nSPS) is 17.0. The summed E-state index contributed by atoms with van der Waals surface area (Å²) in [7, 11) is -3.81. The number of benzene rings is 2. The molecule has 2 aromatic carbocycles. The molecule has 10 heteroatoms. The number of amides is 1. The van der Waals surface area contributed by atoms with Crippen molar-refractivity contribution in [1.29, 1.82) is 5.26 Å². The number of carbonyl (C=O) groups excluding carboxylic acids is 1. The number of hydrazone groups is 1. The van der Waals surface area contributed by atoms with E-state index in [1.807, 2.05) is 6.07 Å². The molecule has 1 fully saturated rings. The van der Waals surface area contributed by atoms with E-state index in [1.165, 1.54) is 34.8 Å². The predicted octanol–water partition coefficient (Wildman–Crippen LogP) is 2.55. The lowest BCUT2D eigenvalue weighted by atomic mass is 10.2. The molecule has 1 unspecified atom stereocenters. The van der Waals surface area contributed by atoms with Gasteiger partial charge in [0, 0.05) is 11.6 Å². The maximum absolute atomic E-state index is 12.9. The molecule has 0 spiro atoms. The lowest BCUT2D eigenvalue weighted by Gasteiger charge is -2.22. The third-order valence-electron chi connectivity index (χ3n) is 4.50. The Morgan fingerprint density at radius 2 is 1.97 bits per heavy atom. The Hall–Kier alpha value is -2.93. The Kier molecular flexibility index (Phi) is 7.05. The van der Waals surface area contributed by atoms with Crippen LogP contribution in [0.15, 0.2) is 58.5 Å². The Morgan fingerprint density at radius 3 is 2.63 bits per heavy atom. The number of carbonyl (C=O) groups is 1. The van der Waals surface area contributed by atoms with Crippen molar-refractivity contribution in [2.24, 2.45) is 5.10 Å². The SMILES string of the molecule is N#CCOc1ccc(/C=N/NC(=O)C2CCCN2S(=O)(=O)c2ccc(Cl)cc2)cc1. The minimum absolute atomic E-state index is 0.0414. The first-order valence-electron chi connectivity index (χ1n) is 9.12. The predicted molar refractivity (Wildman–Crippen MR) is 112 cm³/mol. The first-order chi connectivity index (χ1) is 14.4. The lowest BCUT2D eigenvalue weighted by Crippen LogP contribution is -2.44. The molecule has 8 nitrogen and oxygen atoms in total. The molecule has 1 aliphatic heterocycles. The molecule has 1 amide bonds. The van der Waals surface area contributed by atoms with Gasteiger partial charge in [0.25, 0.3) is 5.91 Å². The fourth-order valence-corrected chi connectivity index (χ4v) is 4.82. The van der Waals surface area contributed by atoms with E-state index < -0.39 is 22.0 Å². The summed E-state index contributed by atoms with van der Waals surface area (Å²) in [5.41, 5.74) is 3.12. The van der Waals surface area contributed by atoms with Crippen LogP contribution >= 0.6 is 11.6 Å². The molecule has 1 atom stereocenters. The lowest BCUT2D eigenvalue weighted by molar-refractivity contribution is -0.124.